The van der Waals surface area contributed by atoms with Gasteiger partial charge in [-0.05, 0) is 13.8 Å². The number of carbonyl (C=O) groups is 1. The SMILES string of the molecule is CCOCCN(CCOCC)c1nc(Cl)c(C(=O)O)s1. The number of aromatic nitrogens is 1. The molecule has 0 aliphatic rings. The van der Waals surface area contributed by atoms with Gasteiger partial charge in [-0.2, -0.15) is 0 Å². The minimum atomic E-state index is -1.06. The quantitative estimate of drug-likeness (QED) is 0.667. The summed E-state index contributed by atoms with van der Waals surface area (Å²) in [5.41, 5.74) is 0. The molecule has 0 fully saturated rings. The smallest absolute Gasteiger partial charge is 0.349 e. The van der Waals surface area contributed by atoms with Crippen LogP contribution in [0.3, 0.4) is 0 Å². The summed E-state index contributed by atoms with van der Waals surface area (Å²) in [6, 6.07) is 0. The van der Waals surface area contributed by atoms with Crippen molar-refractivity contribution in [3.05, 3.63) is 10.0 Å². The summed E-state index contributed by atoms with van der Waals surface area (Å²) >= 11 is 6.90. The van der Waals surface area contributed by atoms with Crippen molar-refractivity contribution in [1.82, 2.24) is 4.98 Å². The van der Waals surface area contributed by atoms with Crippen molar-refractivity contribution in [3.63, 3.8) is 0 Å². The zero-order chi connectivity index (χ0) is 15.0. The van der Waals surface area contributed by atoms with Crippen LogP contribution in [0, 0.1) is 0 Å². The van der Waals surface area contributed by atoms with Gasteiger partial charge in [0.1, 0.15) is 0 Å². The van der Waals surface area contributed by atoms with Crippen LogP contribution in [0.4, 0.5) is 5.13 Å². The maximum absolute atomic E-state index is 11.0. The summed E-state index contributed by atoms with van der Waals surface area (Å²) in [7, 11) is 0. The molecule has 0 atom stereocenters. The lowest BCUT2D eigenvalue weighted by Crippen LogP contribution is -2.31. The van der Waals surface area contributed by atoms with Gasteiger partial charge in [0.2, 0.25) is 0 Å². The molecular formula is C12H19ClN2O4S. The number of carboxylic acid groups (broad SMARTS) is 1. The topological polar surface area (TPSA) is 71.9 Å². The van der Waals surface area contributed by atoms with E-state index in [2.05, 4.69) is 4.98 Å². The van der Waals surface area contributed by atoms with Crippen molar-refractivity contribution in [2.75, 3.05) is 44.4 Å². The van der Waals surface area contributed by atoms with Crippen molar-refractivity contribution in [1.29, 1.82) is 0 Å². The van der Waals surface area contributed by atoms with Gasteiger partial charge >= 0.3 is 5.97 Å². The van der Waals surface area contributed by atoms with Crippen molar-refractivity contribution < 1.29 is 19.4 Å². The van der Waals surface area contributed by atoms with E-state index in [1.165, 1.54) is 0 Å². The molecule has 1 rings (SSSR count). The molecule has 1 aromatic heterocycles. The Labute approximate surface area is 127 Å². The Morgan fingerprint density at radius 1 is 1.30 bits per heavy atom. The molecule has 0 saturated heterocycles. The fourth-order valence-corrected chi connectivity index (χ4v) is 2.67. The van der Waals surface area contributed by atoms with E-state index in [9.17, 15) is 4.79 Å². The normalized spacial score (nSPS) is 10.8. The van der Waals surface area contributed by atoms with E-state index >= 15 is 0 Å². The third kappa shape index (κ3) is 5.24. The highest BCUT2D eigenvalue weighted by Crippen LogP contribution is 2.29. The Bertz CT molecular complexity index is 418. The van der Waals surface area contributed by atoms with Crippen LogP contribution in [0.1, 0.15) is 23.5 Å². The van der Waals surface area contributed by atoms with Gasteiger partial charge in [-0.1, -0.05) is 22.9 Å². The van der Waals surface area contributed by atoms with E-state index in [-0.39, 0.29) is 10.0 Å². The number of rotatable bonds is 10. The van der Waals surface area contributed by atoms with Gasteiger partial charge in [0.05, 0.1) is 13.2 Å². The van der Waals surface area contributed by atoms with Gasteiger partial charge in [-0.15, -0.1) is 0 Å². The Balaban J connectivity index is 2.74. The number of ether oxygens (including phenoxy) is 2. The standard InChI is InChI=1S/C12H19ClN2O4S/c1-3-18-7-5-15(6-8-19-4-2)12-14-10(13)9(20-12)11(16)17/h3-8H2,1-2H3,(H,16,17). The number of halogens is 1. The third-order valence-electron chi connectivity index (χ3n) is 2.46. The van der Waals surface area contributed by atoms with E-state index in [0.29, 0.717) is 44.6 Å². The van der Waals surface area contributed by atoms with Crippen LogP contribution < -0.4 is 4.90 Å². The highest BCUT2D eigenvalue weighted by molar-refractivity contribution is 7.18. The number of thiazole rings is 1. The molecule has 0 aliphatic carbocycles. The first-order valence-corrected chi connectivity index (χ1v) is 7.59. The molecule has 20 heavy (non-hydrogen) atoms. The second-order valence-electron chi connectivity index (χ2n) is 3.80. The number of hydrogen-bond donors (Lipinski definition) is 1. The molecule has 1 aromatic rings. The van der Waals surface area contributed by atoms with Crippen LogP contribution in [0.5, 0.6) is 0 Å². The minimum absolute atomic E-state index is 0.0234. The lowest BCUT2D eigenvalue weighted by atomic mass is 10.5. The molecule has 0 saturated carbocycles. The van der Waals surface area contributed by atoms with Gasteiger partial charge < -0.3 is 19.5 Å². The molecule has 0 aromatic carbocycles. The fraction of sp³-hybridized carbons (Fsp3) is 0.667. The molecule has 8 heteroatoms. The summed E-state index contributed by atoms with van der Waals surface area (Å²) in [6.45, 7) is 7.44. The van der Waals surface area contributed by atoms with E-state index in [0.717, 1.165) is 11.3 Å². The molecule has 6 nitrogen and oxygen atoms in total. The Morgan fingerprint density at radius 2 is 1.85 bits per heavy atom. The number of hydrogen-bond acceptors (Lipinski definition) is 6. The Kier molecular flexibility index (Phi) is 7.83. The van der Waals surface area contributed by atoms with Gasteiger partial charge in [0, 0.05) is 26.3 Å². The summed E-state index contributed by atoms with van der Waals surface area (Å²) in [6.07, 6.45) is 0. The van der Waals surface area contributed by atoms with E-state index in [4.69, 9.17) is 26.2 Å². The van der Waals surface area contributed by atoms with Gasteiger partial charge in [-0.25, -0.2) is 9.78 Å². The highest BCUT2D eigenvalue weighted by Gasteiger charge is 2.19. The molecule has 114 valence electrons. The average molecular weight is 323 g/mol. The lowest BCUT2D eigenvalue weighted by molar-refractivity contribution is 0.0702. The first kappa shape index (κ1) is 17.2. The monoisotopic (exact) mass is 322 g/mol. The van der Waals surface area contributed by atoms with E-state index in [1.54, 1.807) is 0 Å². The molecular weight excluding hydrogens is 304 g/mol. The van der Waals surface area contributed by atoms with Crippen LogP contribution >= 0.6 is 22.9 Å². The van der Waals surface area contributed by atoms with Gasteiger partial charge in [-0.3, -0.25) is 0 Å². The number of aromatic carboxylic acids is 1. The highest BCUT2D eigenvalue weighted by atomic mass is 35.5. The average Bonchev–Trinajstić information content (AvgIpc) is 2.79. The van der Waals surface area contributed by atoms with E-state index in [1.807, 2.05) is 18.7 Å². The fourth-order valence-electron chi connectivity index (χ4n) is 1.50. The summed E-state index contributed by atoms with van der Waals surface area (Å²) < 4.78 is 10.6. The molecule has 0 bridgehead atoms. The van der Waals surface area contributed by atoms with Crippen LogP contribution in [0.25, 0.3) is 0 Å². The molecule has 0 amide bonds. The van der Waals surface area contributed by atoms with Gasteiger partial charge in [0.25, 0.3) is 0 Å². The molecule has 0 aliphatic heterocycles. The number of nitrogens with zero attached hydrogens (tertiary/aromatic N) is 2. The maximum Gasteiger partial charge on any atom is 0.349 e. The van der Waals surface area contributed by atoms with Crippen molar-refractivity contribution >= 4 is 34.0 Å². The molecule has 1 heterocycles. The zero-order valence-corrected chi connectivity index (χ0v) is 13.2. The second-order valence-corrected chi connectivity index (χ2v) is 5.14. The lowest BCUT2D eigenvalue weighted by Gasteiger charge is -2.21. The molecule has 0 radical (unpaired) electrons. The summed E-state index contributed by atoms with van der Waals surface area (Å²) in [5, 5.41) is 9.61. The van der Waals surface area contributed by atoms with Crippen molar-refractivity contribution in [3.8, 4) is 0 Å². The maximum atomic E-state index is 11.0. The van der Waals surface area contributed by atoms with Crippen LogP contribution in [-0.2, 0) is 9.47 Å². The third-order valence-corrected chi connectivity index (χ3v) is 3.95. The first-order chi connectivity index (χ1) is 9.60. The van der Waals surface area contributed by atoms with Crippen LogP contribution in [-0.4, -0.2) is 55.6 Å². The first-order valence-electron chi connectivity index (χ1n) is 6.40. The predicted molar refractivity (Wildman–Crippen MR) is 79.3 cm³/mol. The summed E-state index contributed by atoms with van der Waals surface area (Å²) in [5.74, 6) is -1.06. The van der Waals surface area contributed by atoms with Crippen LogP contribution in [0.2, 0.25) is 5.15 Å². The summed E-state index contributed by atoms with van der Waals surface area (Å²) in [4.78, 5) is 17.1. The molecule has 1 N–H and O–H groups in total. The van der Waals surface area contributed by atoms with Crippen molar-refractivity contribution in [2.24, 2.45) is 0 Å². The minimum Gasteiger partial charge on any atom is -0.477 e. The Morgan fingerprint density at radius 3 is 2.25 bits per heavy atom. The molecule has 0 unspecified atom stereocenters. The second kappa shape index (κ2) is 9.12. The number of carboxylic acids is 1. The van der Waals surface area contributed by atoms with Crippen LogP contribution in [0.15, 0.2) is 0 Å². The molecule has 0 spiro atoms. The Hall–Kier alpha value is -0.890. The number of anilines is 1. The van der Waals surface area contributed by atoms with E-state index < -0.39 is 5.97 Å². The largest absolute Gasteiger partial charge is 0.477 e. The zero-order valence-electron chi connectivity index (χ0n) is 11.6. The van der Waals surface area contributed by atoms with Crippen molar-refractivity contribution in [2.45, 2.75) is 13.8 Å². The van der Waals surface area contributed by atoms with Gasteiger partial charge in [0.15, 0.2) is 15.2 Å². The predicted octanol–water partition coefficient (Wildman–Crippen LogP) is 2.37.